The lowest BCUT2D eigenvalue weighted by Crippen LogP contribution is -3.00. The molecule has 3 aromatic carbocycles. The Kier molecular flexibility index (Phi) is 5.69. The summed E-state index contributed by atoms with van der Waals surface area (Å²) in [6.45, 7) is 0. The second kappa shape index (κ2) is 7.99. The van der Waals surface area contributed by atoms with Gasteiger partial charge in [0.15, 0.2) is 5.54 Å². The summed E-state index contributed by atoms with van der Waals surface area (Å²) in [6, 6.07) is 29.1. The van der Waals surface area contributed by atoms with Gasteiger partial charge in [0, 0.05) is 21.7 Å². The fourth-order valence-electron chi connectivity index (χ4n) is 3.68. The third kappa shape index (κ3) is 3.27. The van der Waals surface area contributed by atoms with E-state index in [0.717, 1.165) is 21.7 Å². The number of nitrogens with zero attached hydrogens (tertiary/aromatic N) is 2. The van der Waals surface area contributed by atoms with Crippen molar-refractivity contribution >= 4 is 11.6 Å². The van der Waals surface area contributed by atoms with Crippen LogP contribution in [0.25, 0.3) is 0 Å². The van der Waals surface area contributed by atoms with Gasteiger partial charge >= 0.3 is 0 Å². The van der Waals surface area contributed by atoms with Crippen molar-refractivity contribution in [3.63, 3.8) is 0 Å². The molecule has 0 aliphatic carbocycles. The van der Waals surface area contributed by atoms with Crippen LogP contribution in [0.5, 0.6) is 0 Å². The Morgan fingerprint density at radius 1 is 0.778 bits per heavy atom. The summed E-state index contributed by atoms with van der Waals surface area (Å²) in [6.07, 6.45) is 6.25. The van der Waals surface area contributed by atoms with Crippen LogP contribution in [0.2, 0.25) is 5.02 Å². The summed E-state index contributed by atoms with van der Waals surface area (Å²) >= 11 is 6.74. The van der Waals surface area contributed by atoms with Crippen molar-refractivity contribution in [3.8, 4) is 0 Å². The average Bonchev–Trinajstić information content (AvgIpc) is 3.12. The fraction of sp³-hybridized carbons (Fsp3) is 0.0870. The average molecular weight is 395 g/mol. The normalized spacial score (nSPS) is 11.0. The Morgan fingerprint density at radius 3 is 1.78 bits per heavy atom. The van der Waals surface area contributed by atoms with Gasteiger partial charge < -0.3 is 12.4 Å². The molecule has 0 atom stereocenters. The highest BCUT2D eigenvalue weighted by Gasteiger charge is 2.44. The van der Waals surface area contributed by atoms with Crippen LogP contribution in [0, 0.1) is 0 Å². The highest BCUT2D eigenvalue weighted by Crippen LogP contribution is 2.43. The van der Waals surface area contributed by atoms with Crippen molar-refractivity contribution in [1.82, 2.24) is 4.57 Å². The quantitative estimate of drug-likeness (QED) is 0.368. The number of aromatic nitrogens is 2. The van der Waals surface area contributed by atoms with Crippen molar-refractivity contribution in [3.05, 3.63) is 125 Å². The van der Waals surface area contributed by atoms with Crippen LogP contribution in [0.4, 0.5) is 0 Å². The molecule has 0 radical (unpaired) electrons. The lowest BCUT2D eigenvalue weighted by Gasteiger charge is -2.33. The molecular formula is C23H20Cl2N2. The smallest absolute Gasteiger partial charge is 0.244 e. The topological polar surface area (TPSA) is 8.81 Å². The molecule has 4 heteroatoms. The zero-order valence-corrected chi connectivity index (χ0v) is 16.5. The van der Waals surface area contributed by atoms with E-state index in [0.29, 0.717) is 0 Å². The van der Waals surface area contributed by atoms with E-state index in [2.05, 4.69) is 82.5 Å². The van der Waals surface area contributed by atoms with Gasteiger partial charge in [0.25, 0.3) is 0 Å². The molecule has 0 aliphatic heterocycles. The highest BCUT2D eigenvalue weighted by atomic mass is 35.5. The number of imidazole rings is 1. The van der Waals surface area contributed by atoms with E-state index < -0.39 is 5.54 Å². The summed E-state index contributed by atoms with van der Waals surface area (Å²) in [5, 5.41) is 0.747. The van der Waals surface area contributed by atoms with Crippen LogP contribution in [0.1, 0.15) is 16.7 Å². The van der Waals surface area contributed by atoms with E-state index in [1.807, 2.05) is 37.4 Å². The minimum Gasteiger partial charge on any atom is -1.00 e. The number of benzene rings is 3. The predicted molar refractivity (Wildman–Crippen MR) is 105 cm³/mol. The largest absolute Gasteiger partial charge is 1.00 e. The fourth-order valence-corrected chi connectivity index (χ4v) is 3.95. The SMILES string of the molecule is C[n+]1ccn(C(c2ccccc2)(c2ccccc2)c2ccccc2Cl)c1.[Cl-]. The molecular weight excluding hydrogens is 375 g/mol. The maximum Gasteiger partial charge on any atom is 0.244 e. The van der Waals surface area contributed by atoms with Crippen LogP contribution >= 0.6 is 11.6 Å². The lowest BCUT2D eigenvalue weighted by atomic mass is 9.76. The Morgan fingerprint density at radius 2 is 1.30 bits per heavy atom. The van der Waals surface area contributed by atoms with Crippen LogP contribution in [-0.4, -0.2) is 4.57 Å². The molecule has 27 heavy (non-hydrogen) atoms. The lowest BCUT2D eigenvalue weighted by molar-refractivity contribution is -0.671. The Labute approximate surface area is 171 Å². The van der Waals surface area contributed by atoms with E-state index in [9.17, 15) is 0 Å². The standard InChI is InChI=1S/C23H20ClN2.ClH/c1-25-16-17-26(18-25)23(19-10-4-2-5-11-19,20-12-6-3-7-13-20)21-14-8-9-15-22(21)24;/h2-18H,1H3;1H/q+1;/p-1. The molecule has 136 valence electrons. The first-order chi connectivity index (χ1) is 12.7. The molecule has 1 aromatic heterocycles. The third-order valence-electron chi connectivity index (χ3n) is 4.80. The predicted octanol–water partition coefficient (Wildman–Crippen LogP) is 1.81. The van der Waals surface area contributed by atoms with Gasteiger partial charge in [-0.1, -0.05) is 90.5 Å². The monoisotopic (exact) mass is 394 g/mol. The van der Waals surface area contributed by atoms with Crippen molar-refractivity contribution in [2.75, 3.05) is 0 Å². The zero-order valence-electron chi connectivity index (χ0n) is 15.0. The van der Waals surface area contributed by atoms with Gasteiger partial charge in [-0.25, -0.2) is 9.13 Å². The molecule has 2 nitrogen and oxygen atoms in total. The van der Waals surface area contributed by atoms with Crippen molar-refractivity contribution in [1.29, 1.82) is 0 Å². The number of halogens is 2. The molecule has 0 saturated carbocycles. The Hall–Kier alpha value is -2.55. The third-order valence-corrected chi connectivity index (χ3v) is 5.13. The van der Waals surface area contributed by atoms with Crippen molar-refractivity contribution in [2.24, 2.45) is 7.05 Å². The van der Waals surface area contributed by atoms with E-state index in [4.69, 9.17) is 11.6 Å². The number of hydrogen-bond acceptors (Lipinski definition) is 0. The van der Waals surface area contributed by atoms with Gasteiger partial charge in [0.1, 0.15) is 12.4 Å². The molecule has 0 saturated heterocycles. The maximum absolute atomic E-state index is 6.74. The first-order valence-corrected chi connectivity index (χ1v) is 9.00. The molecule has 4 rings (SSSR count). The maximum atomic E-state index is 6.74. The molecule has 0 fully saturated rings. The summed E-state index contributed by atoms with van der Waals surface area (Å²) in [7, 11) is 2.03. The highest BCUT2D eigenvalue weighted by molar-refractivity contribution is 6.31. The molecule has 0 N–H and O–H groups in total. The van der Waals surface area contributed by atoms with Crippen molar-refractivity contribution < 1.29 is 17.0 Å². The van der Waals surface area contributed by atoms with Crippen LogP contribution in [0.3, 0.4) is 0 Å². The molecule has 4 aromatic rings. The van der Waals surface area contributed by atoms with Gasteiger partial charge in [-0.15, -0.1) is 0 Å². The molecule has 0 amide bonds. The van der Waals surface area contributed by atoms with Crippen LogP contribution in [0.15, 0.2) is 104 Å². The van der Waals surface area contributed by atoms with Gasteiger partial charge in [0.05, 0.1) is 7.05 Å². The minimum absolute atomic E-state index is 0. The van der Waals surface area contributed by atoms with Crippen LogP contribution < -0.4 is 17.0 Å². The van der Waals surface area contributed by atoms with Gasteiger partial charge in [0.2, 0.25) is 6.33 Å². The van der Waals surface area contributed by atoms with E-state index in [-0.39, 0.29) is 12.4 Å². The molecule has 0 bridgehead atoms. The summed E-state index contributed by atoms with van der Waals surface area (Å²) in [5.74, 6) is 0. The first kappa shape index (κ1) is 19.2. The minimum atomic E-state index is -0.553. The molecule has 0 unspecified atom stereocenters. The molecule has 1 heterocycles. The molecule has 0 aliphatic rings. The summed E-state index contributed by atoms with van der Waals surface area (Å²) < 4.78 is 4.29. The van der Waals surface area contributed by atoms with Gasteiger partial charge in [-0.2, -0.15) is 0 Å². The Balaban J connectivity index is 0.00000210. The van der Waals surface area contributed by atoms with Crippen molar-refractivity contribution in [2.45, 2.75) is 5.54 Å². The number of hydrogen-bond donors (Lipinski definition) is 0. The summed E-state index contributed by atoms with van der Waals surface area (Å²) in [4.78, 5) is 0. The first-order valence-electron chi connectivity index (χ1n) is 8.62. The summed E-state index contributed by atoms with van der Waals surface area (Å²) in [5.41, 5.74) is 2.82. The molecule has 0 spiro atoms. The second-order valence-electron chi connectivity index (χ2n) is 6.41. The van der Waals surface area contributed by atoms with Crippen LogP contribution in [-0.2, 0) is 12.6 Å². The van der Waals surface area contributed by atoms with E-state index >= 15 is 0 Å². The second-order valence-corrected chi connectivity index (χ2v) is 6.82. The zero-order chi connectivity index (χ0) is 18.0. The number of rotatable bonds is 4. The van der Waals surface area contributed by atoms with Gasteiger partial charge in [-0.05, 0) is 6.07 Å². The van der Waals surface area contributed by atoms with E-state index in [1.165, 1.54) is 0 Å². The van der Waals surface area contributed by atoms with Gasteiger partial charge in [-0.3, -0.25) is 0 Å². The van der Waals surface area contributed by atoms with E-state index in [1.54, 1.807) is 0 Å². The Bertz CT molecular complexity index is 971. The number of aryl methyl sites for hydroxylation is 1.